The summed E-state index contributed by atoms with van der Waals surface area (Å²) in [6, 6.07) is 29.3. The number of hydrogen-bond donors (Lipinski definition) is 1. The van der Waals surface area contributed by atoms with Gasteiger partial charge in [0.25, 0.3) is 0 Å². The Bertz CT molecular complexity index is 1050. The summed E-state index contributed by atoms with van der Waals surface area (Å²) in [5.41, 5.74) is 6.72. The van der Waals surface area contributed by atoms with Gasteiger partial charge in [0.2, 0.25) is 0 Å². The summed E-state index contributed by atoms with van der Waals surface area (Å²) in [5.74, 6) is 0. The second-order valence-electron chi connectivity index (χ2n) is 7.60. The fourth-order valence-corrected chi connectivity index (χ4v) is 3.97. The van der Waals surface area contributed by atoms with Crippen LogP contribution in [0.25, 0.3) is 22.3 Å². The molecule has 0 aliphatic rings. The Hall–Kier alpha value is -3.17. The molecule has 0 radical (unpaired) electrons. The highest BCUT2D eigenvalue weighted by atomic mass is 16.3. The van der Waals surface area contributed by atoms with E-state index in [2.05, 4.69) is 84.8 Å². The van der Waals surface area contributed by atoms with Crippen molar-refractivity contribution >= 4 is 0 Å². The van der Waals surface area contributed by atoms with Crippen molar-refractivity contribution in [2.24, 2.45) is 0 Å². The summed E-state index contributed by atoms with van der Waals surface area (Å²) in [5, 5.41) is 15.5. The minimum atomic E-state index is -0.528. The summed E-state index contributed by atoms with van der Waals surface area (Å²) in [7, 11) is 0. The van der Waals surface area contributed by atoms with Gasteiger partial charge in [-0.3, -0.25) is 4.68 Å². The Morgan fingerprint density at radius 3 is 2.07 bits per heavy atom. The highest BCUT2D eigenvalue weighted by Crippen LogP contribution is 2.32. The first kappa shape index (κ1) is 20.1. The molecule has 1 atom stereocenters. The number of hydrogen-bond acceptors (Lipinski definition) is 2. The molecule has 0 saturated heterocycles. The SMILES string of the molecule is CCn1ncc(-c2ccc(-c3ccccc3)cc2)c1C(O)CCCc1ccccc1. The average molecular weight is 397 g/mol. The molecule has 0 aliphatic heterocycles. The quantitative estimate of drug-likeness (QED) is 0.380. The summed E-state index contributed by atoms with van der Waals surface area (Å²) in [6.45, 7) is 2.81. The zero-order chi connectivity index (χ0) is 20.8. The lowest BCUT2D eigenvalue weighted by atomic mass is 9.97. The minimum Gasteiger partial charge on any atom is -0.387 e. The molecule has 1 heterocycles. The molecule has 152 valence electrons. The number of aryl methyl sites for hydroxylation is 2. The Morgan fingerprint density at radius 2 is 1.40 bits per heavy atom. The van der Waals surface area contributed by atoms with Crippen molar-refractivity contribution in [3.8, 4) is 22.3 Å². The molecule has 0 fully saturated rings. The van der Waals surface area contributed by atoms with E-state index in [0.29, 0.717) is 0 Å². The third kappa shape index (κ3) is 4.52. The lowest BCUT2D eigenvalue weighted by Crippen LogP contribution is -2.09. The minimum absolute atomic E-state index is 0.528. The number of benzene rings is 3. The van der Waals surface area contributed by atoms with Gasteiger partial charge >= 0.3 is 0 Å². The first-order chi connectivity index (χ1) is 14.8. The molecule has 1 aromatic heterocycles. The van der Waals surface area contributed by atoms with Gasteiger partial charge in [-0.25, -0.2) is 0 Å². The van der Waals surface area contributed by atoms with Gasteiger partial charge in [0, 0.05) is 12.1 Å². The monoisotopic (exact) mass is 396 g/mol. The second-order valence-corrected chi connectivity index (χ2v) is 7.60. The molecule has 0 spiro atoms. The smallest absolute Gasteiger partial charge is 0.0963 e. The van der Waals surface area contributed by atoms with E-state index >= 15 is 0 Å². The zero-order valence-electron chi connectivity index (χ0n) is 17.4. The van der Waals surface area contributed by atoms with Gasteiger partial charge in [0.1, 0.15) is 0 Å². The molecule has 0 amide bonds. The van der Waals surface area contributed by atoms with Gasteiger partial charge in [-0.15, -0.1) is 0 Å². The molecule has 1 unspecified atom stereocenters. The lowest BCUT2D eigenvalue weighted by Gasteiger charge is -2.15. The van der Waals surface area contributed by atoms with Crippen LogP contribution < -0.4 is 0 Å². The predicted molar refractivity (Wildman–Crippen MR) is 123 cm³/mol. The van der Waals surface area contributed by atoms with E-state index in [9.17, 15) is 5.11 Å². The highest BCUT2D eigenvalue weighted by molar-refractivity contribution is 5.71. The van der Waals surface area contributed by atoms with Crippen LogP contribution in [0, 0.1) is 0 Å². The number of aromatic nitrogens is 2. The fourth-order valence-electron chi connectivity index (χ4n) is 3.97. The average Bonchev–Trinajstić information content (AvgIpc) is 3.25. The number of aliphatic hydroxyl groups excluding tert-OH is 1. The first-order valence-corrected chi connectivity index (χ1v) is 10.7. The molecular weight excluding hydrogens is 368 g/mol. The van der Waals surface area contributed by atoms with Crippen molar-refractivity contribution in [2.75, 3.05) is 0 Å². The molecule has 30 heavy (non-hydrogen) atoms. The summed E-state index contributed by atoms with van der Waals surface area (Å²) in [4.78, 5) is 0. The van der Waals surface area contributed by atoms with Gasteiger partial charge < -0.3 is 5.11 Å². The molecular formula is C27H28N2O. The zero-order valence-corrected chi connectivity index (χ0v) is 17.4. The molecule has 0 bridgehead atoms. The summed E-state index contributed by atoms with van der Waals surface area (Å²) < 4.78 is 1.92. The molecule has 0 aliphatic carbocycles. The molecule has 1 N–H and O–H groups in total. The van der Waals surface area contributed by atoms with Crippen molar-refractivity contribution in [3.05, 3.63) is 102 Å². The van der Waals surface area contributed by atoms with E-state index in [-0.39, 0.29) is 0 Å². The van der Waals surface area contributed by atoms with Gasteiger partial charge in [-0.2, -0.15) is 5.10 Å². The maximum Gasteiger partial charge on any atom is 0.0963 e. The topological polar surface area (TPSA) is 38.0 Å². The van der Waals surface area contributed by atoms with Crippen LogP contribution >= 0.6 is 0 Å². The Kier molecular flexibility index (Phi) is 6.41. The van der Waals surface area contributed by atoms with E-state index in [0.717, 1.165) is 42.6 Å². The normalized spacial score (nSPS) is 12.1. The maximum absolute atomic E-state index is 11.0. The number of aliphatic hydroxyl groups is 1. The molecule has 4 rings (SSSR count). The second kappa shape index (κ2) is 9.55. The number of rotatable bonds is 8. The third-order valence-corrected chi connectivity index (χ3v) is 5.58. The van der Waals surface area contributed by atoms with Crippen LogP contribution in [0.3, 0.4) is 0 Å². The van der Waals surface area contributed by atoms with E-state index in [1.54, 1.807) is 0 Å². The largest absolute Gasteiger partial charge is 0.387 e. The van der Waals surface area contributed by atoms with Crippen molar-refractivity contribution in [3.63, 3.8) is 0 Å². The standard InChI is InChI=1S/C27H28N2O/c1-2-29-27(26(30)15-9-12-21-10-5-3-6-11-21)25(20-28-29)24-18-16-23(17-19-24)22-13-7-4-8-14-22/h3-8,10-11,13-14,16-20,26,30H,2,9,12,15H2,1H3. The summed E-state index contributed by atoms with van der Waals surface area (Å²) in [6.07, 6.45) is 3.98. The predicted octanol–water partition coefficient (Wildman–Crippen LogP) is 6.29. The van der Waals surface area contributed by atoms with E-state index in [1.807, 2.05) is 23.0 Å². The Labute approximate surface area is 178 Å². The van der Waals surface area contributed by atoms with E-state index in [1.165, 1.54) is 16.7 Å². The highest BCUT2D eigenvalue weighted by Gasteiger charge is 2.19. The van der Waals surface area contributed by atoms with Crippen LogP contribution in [0.5, 0.6) is 0 Å². The van der Waals surface area contributed by atoms with E-state index < -0.39 is 6.10 Å². The van der Waals surface area contributed by atoms with Crippen LogP contribution in [0.2, 0.25) is 0 Å². The molecule has 4 aromatic rings. The first-order valence-electron chi connectivity index (χ1n) is 10.7. The van der Waals surface area contributed by atoms with Crippen molar-refractivity contribution in [2.45, 2.75) is 38.8 Å². The number of nitrogens with zero attached hydrogens (tertiary/aromatic N) is 2. The van der Waals surface area contributed by atoms with Crippen molar-refractivity contribution < 1.29 is 5.11 Å². The molecule has 3 nitrogen and oxygen atoms in total. The fraction of sp³-hybridized carbons (Fsp3) is 0.222. The maximum atomic E-state index is 11.0. The van der Waals surface area contributed by atoms with E-state index in [4.69, 9.17) is 0 Å². The van der Waals surface area contributed by atoms with Crippen LogP contribution in [-0.4, -0.2) is 14.9 Å². The van der Waals surface area contributed by atoms with Gasteiger partial charge in [-0.05, 0) is 48.4 Å². The van der Waals surface area contributed by atoms with Gasteiger partial charge in [0.15, 0.2) is 0 Å². The Balaban J connectivity index is 1.52. The van der Waals surface area contributed by atoms with Crippen molar-refractivity contribution in [1.29, 1.82) is 0 Å². The van der Waals surface area contributed by atoms with Crippen LogP contribution in [0.4, 0.5) is 0 Å². The molecule has 0 saturated carbocycles. The Morgan fingerprint density at radius 1 is 0.800 bits per heavy atom. The molecule has 3 heteroatoms. The third-order valence-electron chi connectivity index (χ3n) is 5.58. The van der Waals surface area contributed by atoms with Crippen LogP contribution in [0.1, 0.15) is 37.1 Å². The molecule has 3 aromatic carbocycles. The lowest BCUT2D eigenvalue weighted by molar-refractivity contribution is 0.154. The summed E-state index contributed by atoms with van der Waals surface area (Å²) >= 11 is 0. The van der Waals surface area contributed by atoms with Crippen LogP contribution in [-0.2, 0) is 13.0 Å². The van der Waals surface area contributed by atoms with Gasteiger partial charge in [0.05, 0.1) is 18.0 Å². The van der Waals surface area contributed by atoms with Crippen molar-refractivity contribution in [1.82, 2.24) is 9.78 Å². The van der Waals surface area contributed by atoms with Gasteiger partial charge in [-0.1, -0.05) is 84.9 Å². The van der Waals surface area contributed by atoms with Crippen LogP contribution in [0.15, 0.2) is 91.1 Å².